The predicted molar refractivity (Wildman–Crippen MR) is 68.5 cm³/mol. The van der Waals surface area contributed by atoms with E-state index >= 15 is 0 Å². The molecule has 0 N–H and O–H groups in total. The van der Waals surface area contributed by atoms with Crippen molar-refractivity contribution in [1.29, 1.82) is 0 Å². The Balaban J connectivity index is 1.95. The summed E-state index contributed by atoms with van der Waals surface area (Å²) >= 11 is 1.83. The van der Waals surface area contributed by atoms with Crippen LogP contribution in [0.4, 0.5) is 0 Å². The van der Waals surface area contributed by atoms with Gasteiger partial charge in [0.2, 0.25) is 0 Å². The van der Waals surface area contributed by atoms with Crippen molar-refractivity contribution in [3.05, 3.63) is 52.0 Å². The van der Waals surface area contributed by atoms with E-state index in [1.54, 1.807) is 0 Å². The van der Waals surface area contributed by atoms with E-state index in [0.29, 0.717) is 0 Å². The van der Waals surface area contributed by atoms with Crippen molar-refractivity contribution in [1.82, 2.24) is 9.88 Å². The molecule has 2 nitrogen and oxygen atoms in total. The van der Waals surface area contributed by atoms with E-state index in [1.807, 2.05) is 29.8 Å². The summed E-state index contributed by atoms with van der Waals surface area (Å²) in [6.07, 6.45) is 3.74. The lowest BCUT2D eigenvalue weighted by molar-refractivity contribution is 0.321. The van der Waals surface area contributed by atoms with Gasteiger partial charge in [-0.3, -0.25) is 9.88 Å². The third kappa shape index (κ3) is 2.90. The van der Waals surface area contributed by atoms with E-state index in [1.165, 1.54) is 16.0 Å². The number of hydrogen-bond acceptors (Lipinski definition) is 3. The summed E-state index contributed by atoms with van der Waals surface area (Å²) in [5.41, 5.74) is 2.65. The largest absolute Gasteiger partial charge is 0.297 e. The second-order valence-corrected chi connectivity index (χ2v) is 5.06. The topological polar surface area (TPSA) is 16.1 Å². The maximum atomic E-state index is 4.13. The Bertz CT molecular complexity index is 436. The molecule has 0 amide bonds. The fourth-order valence-corrected chi connectivity index (χ4v) is 2.66. The molecular weight excluding hydrogens is 216 g/mol. The van der Waals surface area contributed by atoms with E-state index in [9.17, 15) is 0 Å². The monoisotopic (exact) mass is 232 g/mol. The molecule has 0 spiro atoms. The van der Waals surface area contributed by atoms with Gasteiger partial charge in [0.25, 0.3) is 0 Å². The van der Waals surface area contributed by atoms with Gasteiger partial charge in [0.15, 0.2) is 0 Å². The van der Waals surface area contributed by atoms with E-state index < -0.39 is 0 Å². The standard InChI is InChI=1S/C13H16N2S/c1-11-5-7-16-13(11)10-15(2)9-12-4-3-6-14-8-12/h3-8H,9-10H2,1-2H3. The van der Waals surface area contributed by atoms with Crippen molar-refractivity contribution >= 4 is 11.3 Å². The number of hydrogen-bond donors (Lipinski definition) is 0. The molecule has 0 radical (unpaired) electrons. The Labute approximate surface area is 101 Å². The lowest BCUT2D eigenvalue weighted by atomic mass is 10.2. The molecule has 0 saturated carbocycles. The zero-order valence-electron chi connectivity index (χ0n) is 9.68. The molecule has 84 valence electrons. The highest BCUT2D eigenvalue weighted by molar-refractivity contribution is 7.10. The SMILES string of the molecule is Cc1ccsc1CN(C)Cc1cccnc1. The van der Waals surface area contributed by atoms with E-state index in [4.69, 9.17) is 0 Å². The van der Waals surface area contributed by atoms with Gasteiger partial charge in [0.05, 0.1) is 0 Å². The van der Waals surface area contributed by atoms with Crippen LogP contribution < -0.4 is 0 Å². The molecule has 0 aliphatic carbocycles. The Morgan fingerprint density at radius 2 is 2.19 bits per heavy atom. The van der Waals surface area contributed by atoms with Gasteiger partial charge in [-0.05, 0) is 42.6 Å². The van der Waals surface area contributed by atoms with Gasteiger partial charge in [-0.25, -0.2) is 0 Å². The second kappa shape index (κ2) is 5.23. The molecule has 2 aromatic heterocycles. The molecule has 16 heavy (non-hydrogen) atoms. The normalized spacial score (nSPS) is 10.9. The fourth-order valence-electron chi connectivity index (χ4n) is 1.67. The molecule has 2 aromatic rings. The van der Waals surface area contributed by atoms with E-state index in [2.05, 4.69) is 41.4 Å². The number of rotatable bonds is 4. The minimum absolute atomic E-state index is 0.950. The Kier molecular flexibility index (Phi) is 3.70. The minimum Gasteiger partial charge on any atom is -0.297 e. The van der Waals surface area contributed by atoms with Crippen LogP contribution in [0.15, 0.2) is 36.0 Å². The highest BCUT2D eigenvalue weighted by Crippen LogP contribution is 2.17. The predicted octanol–water partition coefficient (Wildman–Crippen LogP) is 3.08. The molecule has 3 heteroatoms. The maximum absolute atomic E-state index is 4.13. The van der Waals surface area contributed by atoms with Crippen molar-refractivity contribution in [2.45, 2.75) is 20.0 Å². The first-order chi connectivity index (χ1) is 7.75. The van der Waals surface area contributed by atoms with Crippen LogP contribution in [0.25, 0.3) is 0 Å². The minimum atomic E-state index is 0.950. The smallest absolute Gasteiger partial charge is 0.0331 e. The molecule has 0 atom stereocenters. The van der Waals surface area contributed by atoms with Crippen LogP contribution in [0.1, 0.15) is 16.0 Å². The van der Waals surface area contributed by atoms with Crippen LogP contribution in [-0.2, 0) is 13.1 Å². The zero-order valence-corrected chi connectivity index (χ0v) is 10.5. The summed E-state index contributed by atoms with van der Waals surface area (Å²) in [6, 6.07) is 6.28. The quantitative estimate of drug-likeness (QED) is 0.805. The molecule has 0 aromatic carbocycles. The van der Waals surface area contributed by atoms with Gasteiger partial charge in [0, 0.05) is 30.4 Å². The van der Waals surface area contributed by atoms with Gasteiger partial charge >= 0.3 is 0 Å². The fraction of sp³-hybridized carbons (Fsp3) is 0.308. The van der Waals surface area contributed by atoms with Crippen LogP contribution in [-0.4, -0.2) is 16.9 Å². The molecule has 0 aliphatic rings. The van der Waals surface area contributed by atoms with Crippen LogP contribution in [0.2, 0.25) is 0 Å². The average Bonchev–Trinajstić information content (AvgIpc) is 2.66. The molecule has 2 heterocycles. The third-order valence-corrected chi connectivity index (χ3v) is 3.56. The second-order valence-electron chi connectivity index (χ2n) is 4.06. The van der Waals surface area contributed by atoms with Gasteiger partial charge in [-0.2, -0.15) is 0 Å². The molecule has 0 bridgehead atoms. The van der Waals surface area contributed by atoms with Gasteiger partial charge in [-0.1, -0.05) is 6.07 Å². The molecule has 0 fully saturated rings. The van der Waals surface area contributed by atoms with Crippen LogP contribution in [0, 0.1) is 6.92 Å². The van der Waals surface area contributed by atoms with Gasteiger partial charge < -0.3 is 0 Å². The number of thiophene rings is 1. The lowest BCUT2D eigenvalue weighted by Crippen LogP contribution is -2.17. The van der Waals surface area contributed by atoms with Crippen molar-refractivity contribution < 1.29 is 0 Å². The Morgan fingerprint density at radius 1 is 1.31 bits per heavy atom. The average molecular weight is 232 g/mol. The third-order valence-electron chi connectivity index (χ3n) is 2.56. The van der Waals surface area contributed by atoms with Crippen molar-refractivity contribution in [3.8, 4) is 0 Å². The number of aryl methyl sites for hydroxylation is 1. The summed E-state index contributed by atoms with van der Waals surface area (Å²) in [6.45, 7) is 4.13. The summed E-state index contributed by atoms with van der Waals surface area (Å²) < 4.78 is 0. The summed E-state index contributed by atoms with van der Waals surface area (Å²) in [5.74, 6) is 0. The molecule has 0 saturated heterocycles. The summed E-state index contributed by atoms with van der Waals surface area (Å²) in [7, 11) is 2.14. The van der Waals surface area contributed by atoms with Crippen LogP contribution in [0.5, 0.6) is 0 Å². The van der Waals surface area contributed by atoms with Crippen molar-refractivity contribution in [3.63, 3.8) is 0 Å². The maximum Gasteiger partial charge on any atom is 0.0331 e. The lowest BCUT2D eigenvalue weighted by Gasteiger charge is -2.15. The first-order valence-electron chi connectivity index (χ1n) is 5.36. The van der Waals surface area contributed by atoms with Crippen molar-refractivity contribution in [2.24, 2.45) is 0 Å². The molecular formula is C13H16N2S. The van der Waals surface area contributed by atoms with Crippen LogP contribution in [0.3, 0.4) is 0 Å². The van der Waals surface area contributed by atoms with Crippen molar-refractivity contribution in [2.75, 3.05) is 7.05 Å². The number of aromatic nitrogens is 1. The van der Waals surface area contributed by atoms with E-state index in [0.717, 1.165) is 13.1 Å². The first kappa shape index (κ1) is 11.3. The summed E-state index contributed by atoms with van der Waals surface area (Å²) in [5, 5.41) is 2.16. The summed E-state index contributed by atoms with van der Waals surface area (Å²) in [4.78, 5) is 7.89. The highest BCUT2D eigenvalue weighted by Gasteiger charge is 2.05. The van der Waals surface area contributed by atoms with Gasteiger partial charge in [0.1, 0.15) is 0 Å². The Hall–Kier alpha value is -1.19. The molecule has 0 unspecified atom stereocenters. The highest BCUT2D eigenvalue weighted by atomic mass is 32.1. The molecule has 2 rings (SSSR count). The van der Waals surface area contributed by atoms with Gasteiger partial charge in [-0.15, -0.1) is 11.3 Å². The zero-order chi connectivity index (χ0) is 11.4. The first-order valence-corrected chi connectivity index (χ1v) is 6.24. The van der Waals surface area contributed by atoms with E-state index in [-0.39, 0.29) is 0 Å². The molecule has 0 aliphatic heterocycles. The number of pyridine rings is 1. The number of nitrogens with zero attached hydrogens (tertiary/aromatic N) is 2. The van der Waals surface area contributed by atoms with Crippen LogP contribution >= 0.6 is 11.3 Å². The Morgan fingerprint density at radius 3 is 2.81 bits per heavy atom.